The quantitative estimate of drug-likeness (QED) is 0.721. The Kier molecular flexibility index (Phi) is 4.09. The van der Waals surface area contributed by atoms with E-state index in [4.69, 9.17) is 4.42 Å². The first kappa shape index (κ1) is 15.0. The van der Waals surface area contributed by atoms with Gasteiger partial charge in [0.1, 0.15) is 5.82 Å². The van der Waals surface area contributed by atoms with Crippen molar-refractivity contribution in [1.29, 1.82) is 0 Å². The molecule has 4 rings (SSSR count). The molecule has 3 aromatic rings. The average molecular weight is 323 g/mol. The monoisotopic (exact) mass is 323 g/mol. The van der Waals surface area contributed by atoms with Gasteiger partial charge >= 0.3 is 0 Å². The minimum absolute atomic E-state index is 0.201. The smallest absolute Gasteiger partial charge is 0.247 e. The second-order valence-corrected chi connectivity index (χ2v) is 6.05. The fourth-order valence-electron chi connectivity index (χ4n) is 3.27. The van der Waals surface area contributed by atoms with Crippen LogP contribution in [0.1, 0.15) is 30.3 Å². The highest BCUT2D eigenvalue weighted by Gasteiger charge is 2.27. The molecule has 24 heavy (non-hydrogen) atoms. The molecule has 1 aliphatic rings. The van der Waals surface area contributed by atoms with Crippen LogP contribution in [0.4, 0.5) is 4.39 Å². The SMILES string of the molecule is Fc1ccc(C2CCCN2Cc2nnc(-c3ccccc3)o2)cc1. The van der Waals surface area contributed by atoms with Crippen molar-refractivity contribution in [1.82, 2.24) is 15.1 Å². The van der Waals surface area contributed by atoms with E-state index in [0.717, 1.165) is 30.5 Å². The van der Waals surface area contributed by atoms with Crippen molar-refractivity contribution in [2.24, 2.45) is 0 Å². The predicted molar refractivity (Wildman–Crippen MR) is 88.5 cm³/mol. The van der Waals surface area contributed by atoms with Crippen molar-refractivity contribution in [2.45, 2.75) is 25.4 Å². The molecule has 2 heterocycles. The zero-order valence-electron chi connectivity index (χ0n) is 13.2. The van der Waals surface area contributed by atoms with Crippen LogP contribution in [0.25, 0.3) is 11.5 Å². The van der Waals surface area contributed by atoms with Crippen LogP contribution in [0.5, 0.6) is 0 Å². The van der Waals surface area contributed by atoms with Crippen LogP contribution in [-0.4, -0.2) is 21.6 Å². The molecule has 0 amide bonds. The molecule has 2 aromatic carbocycles. The lowest BCUT2D eigenvalue weighted by molar-refractivity contribution is 0.224. The summed E-state index contributed by atoms with van der Waals surface area (Å²) in [6, 6.07) is 16.8. The van der Waals surface area contributed by atoms with Gasteiger partial charge in [0, 0.05) is 11.6 Å². The van der Waals surface area contributed by atoms with Crippen molar-refractivity contribution < 1.29 is 8.81 Å². The highest BCUT2D eigenvalue weighted by Crippen LogP contribution is 2.33. The van der Waals surface area contributed by atoms with Crippen LogP contribution < -0.4 is 0 Å². The maximum absolute atomic E-state index is 13.1. The third kappa shape index (κ3) is 3.08. The van der Waals surface area contributed by atoms with Crippen molar-refractivity contribution >= 4 is 0 Å². The molecule has 1 unspecified atom stereocenters. The predicted octanol–water partition coefficient (Wildman–Crippen LogP) is 4.21. The first-order valence-electron chi connectivity index (χ1n) is 8.17. The maximum Gasteiger partial charge on any atom is 0.247 e. The molecule has 0 spiro atoms. The number of halogens is 1. The maximum atomic E-state index is 13.1. The minimum Gasteiger partial charge on any atom is -0.419 e. The number of hydrogen-bond donors (Lipinski definition) is 0. The van der Waals surface area contributed by atoms with Crippen LogP contribution in [0.15, 0.2) is 59.0 Å². The molecular weight excluding hydrogens is 305 g/mol. The van der Waals surface area contributed by atoms with Crippen molar-refractivity contribution in [3.63, 3.8) is 0 Å². The number of rotatable bonds is 4. The first-order chi connectivity index (χ1) is 11.8. The Labute approximate surface area is 139 Å². The molecule has 0 N–H and O–H groups in total. The molecule has 0 radical (unpaired) electrons. The molecular formula is C19H18FN3O. The molecule has 4 nitrogen and oxygen atoms in total. The van der Waals surface area contributed by atoms with Crippen LogP contribution in [-0.2, 0) is 6.54 Å². The Bertz CT molecular complexity index is 801. The van der Waals surface area contributed by atoms with Gasteiger partial charge in [-0.05, 0) is 49.2 Å². The van der Waals surface area contributed by atoms with E-state index >= 15 is 0 Å². The molecule has 0 saturated carbocycles. The lowest BCUT2D eigenvalue weighted by atomic mass is 10.0. The van der Waals surface area contributed by atoms with E-state index in [1.54, 1.807) is 0 Å². The fourth-order valence-corrected chi connectivity index (χ4v) is 3.27. The van der Waals surface area contributed by atoms with Crippen LogP contribution in [0, 0.1) is 5.82 Å². The summed E-state index contributed by atoms with van der Waals surface area (Å²) in [6.45, 7) is 1.59. The molecule has 1 saturated heterocycles. The second-order valence-electron chi connectivity index (χ2n) is 6.05. The lowest BCUT2D eigenvalue weighted by Crippen LogP contribution is -2.22. The van der Waals surface area contributed by atoms with E-state index in [1.165, 1.54) is 12.1 Å². The zero-order valence-corrected chi connectivity index (χ0v) is 13.2. The Morgan fingerprint density at radius 2 is 1.83 bits per heavy atom. The van der Waals surface area contributed by atoms with E-state index in [9.17, 15) is 4.39 Å². The van der Waals surface area contributed by atoms with Gasteiger partial charge in [-0.3, -0.25) is 4.90 Å². The van der Waals surface area contributed by atoms with Crippen molar-refractivity contribution in [3.05, 3.63) is 71.9 Å². The summed E-state index contributed by atoms with van der Waals surface area (Å²) < 4.78 is 18.9. The van der Waals surface area contributed by atoms with Gasteiger partial charge in [0.05, 0.1) is 6.54 Å². The topological polar surface area (TPSA) is 42.2 Å². The third-order valence-electron chi connectivity index (χ3n) is 4.44. The summed E-state index contributed by atoms with van der Waals surface area (Å²) in [5.41, 5.74) is 2.06. The summed E-state index contributed by atoms with van der Waals surface area (Å²) in [5.74, 6) is 0.957. The lowest BCUT2D eigenvalue weighted by Gasteiger charge is -2.23. The van der Waals surface area contributed by atoms with Gasteiger partial charge in [-0.2, -0.15) is 0 Å². The minimum atomic E-state index is -0.201. The van der Waals surface area contributed by atoms with Gasteiger partial charge in [0.15, 0.2) is 0 Å². The molecule has 1 fully saturated rings. The van der Waals surface area contributed by atoms with Crippen molar-refractivity contribution in [3.8, 4) is 11.5 Å². The van der Waals surface area contributed by atoms with Gasteiger partial charge in [-0.1, -0.05) is 30.3 Å². The molecule has 1 aromatic heterocycles. The molecule has 5 heteroatoms. The van der Waals surface area contributed by atoms with Gasteiger partial charge in [0.2, 0.25) is 11.8 Å². The normalized spacial score (nSPS) is 18.1. The summed E-state index contributed by atoms with van der Waals surface area (Å²) in [4.78, 5) is 2.32. The largest absolute Gasteiger partial charge is 0.419 e. The summed E-state index contributed by atoms with van der Waals surface area (Å²) in [6.07, 6.45) is 2.17. The second kappa shape index (κ2) is 6.53. The number of hydrogen-bond acceptors (Lipinski definition) is 4. The summed E-state index contributed by atoms with van der Waals surface area (Å²) >= 11 is 0. The van der Waals surface area contributed by atoms with Gasteiger partial charge < -0.3 is 4.42 Å². The summed E-state index contributed by atoms with van der Waals surface area (Å²) in [5, 5.41) is 8.32. The molecule has 0 aliphatic carbocycles. The van der Waals surface area contributed by atoms with Crippen LogP contribution in [0.2, 0.25) is 0 Å². The van der Waals surface area contributed by atoms with Crippen LogP contribution in [0.3, 0.4) is 0 Å². The average Bonchev–Trinajstić information content (AvgIpc) is 3.27. The number of likely N-dealkylation sites (tertiary alicyclic amines) is 1. The Balaban J connectivity index is 1.50. The van der Waals surface area contributed by atoms with Gasteiger partial charge in [0.25, 0.3) is 0 Å². The molecule has 1 aliphatic heterocycles. The standard InChI is InChI=1S/C19H18FN3O/c20-16-10-8-14(9-11-16)17-7-4-12-23(17)13-18-21-22-19(24-18)15-5-2-1-3-6-15/h1-3,5-6,8-11,17H,4,7,12-13H2. The highest BCUT2D eigenvalue weighted by atomic mass is 19.1. The van der Waals surface area contributed by atoms with E-state index < -0.39 is 0 Å². The number of nitrogens with zero attached hydrogens (tertiary/aromatic N) is 3. The third-order valence-corrected chi connectivity index (χ3v) is 4.44. The van der Waals surface area contributed by atoms with Gasteiger partial charge in [-0.15, -0.1) is 10.2 Å². The zero-order chi connectivity index (χ0) is 16.4. The van der Waals surface area contributed by atoms with E-state index in [2.05, 4.69) is 15.1 Å². The summed E-state index contributed by atoms with van der Waals surface area (Å²) in [7, 11) is 0. The van der Waals surface area contributed by atoms with Gasteiger partial charge in [-0.25, -0.2) is 4.39 Å². The molecule has 122 valence electrons. The molecule has 1 atom stereocenters. The highest BCUT2D eigenvalue weighted by molar-refractivity contribution is 5.51. The van der Waals surface area contributed by atoms with E-state index in [-0.39, 0.29) is 11.9 Å². The Hall–Kier alpha value is -2.53. The Morgan fingerprint density at radius 3 is 2.62 bits per heavy atom. The Morgan fingerprint density at radius 1 is 1.04 bits per heavy atom. The fraction of sp³-hybridized carbons (Fsp3) is 0.263. The van der Waals surface area contributed by atoms with E-state index in [1.807, 2.05) is 42.5 Å². The van der Waals surface area contributed by atoms with E-state index in [0.29, 0.717) is 18.3 Å². The van der Waals surface area contributed by atoms with Crippen molar-refractivity contribution in [2.75, 3.05) is 6.54 Å². The number of aromatic nitrogens is 2. The number of benzene rings is 2. The molecule has 0 bridgehead atoms. The first-order valence-corrected chi connectivity index (χ1v) is 8.17. The van der Waals surface area contributed by atoms with Crippen LogP contribution >= 0.6 is 0 Å².